The molecule has 114 valence electrons. The van der Waals surface area contributed by atoms with E-state index < -0.39 is 0 Å². The van der Waals surface area contributed by atoms with E-state index in [2.05, 4.69) is 23.5 Å². The summed E-state index contributed by atoms with van der Waals surface area (Å²) < 4.78 is 0. The molecule has 0 aliphatic heterocycles. The van der Waals surface area contributed by atoms with Crippen LogP contribution in [-0.4, -0.2) is 11.7 Å². The lowest BCUT2D eigenvalue weighted by Gasteiger charge is -2.14. The molecule has 0 radical (unpaired) electrons. The van der Waals surface area contributed by atoms with Crippen molar-refractivity contribution < 1.29 is 4.79 Å². The molecule has 2 nitrogen and oxygen atoms in total. The fraction of sp³-hybridized carbons (Fsp3) is 0.316. The first-order valence-corrected chi connectivity index (χ1v) is 8.80. The van der Waals surface area contributed by atoms with Crippen LogP contribution >= 0.6 is 11.8 Å². The minimum atomic E-state index is 0.0503. The molecule has 3 rings (SSSR count). The summed E-state index contributed by atoms with van der Waals surface area (Å²) in [6.07, 6.45) is 3.65. The molecule has 1 N–H and O–H groups in total. The first-order valence-electron chi connectivity index (χ1n) is 7.81. The van der Waals surface area contributed by atoms with Crippen LogP contribution in [0.2, 0.25) is 0 Å². The summed E-state index contributed by atoms with van der Waals surface area (Å²) in [5.74, 6) is 0.553. The van der Waals surface area contributed by atoms with Crippen molar-refractivity contribution >= 4 is 17.7 Å². The number of fused-ring (bicyclic) bond motifs is 1. The number of hydrogen-bond donors (Lipinski definition) is 1. The molecule has 2 aromatic rings. The van der Waals surface area contributed by atoms with Gasteiger partial charge in [0.25, 0.3) is 0 Å². The van der Waals surface area contributed by atoms with Gasteiger partial charge in [-0.25, -0.2) is 0 Å². The Morgan fingerprint density at radius 1 is 1.14 bits per heavy atom. The molecule has 1 aliphatic carbocycles. The molecule has 1 amide bonds. The maximum Gasteiger partial charge on any atom is 0.230 e. The molecule has 0 spiro atoms. The van der Waals surface area contributed by atoms with Crippen molar-refractivity contribution in [3.05, 3.63) is 65.2 Å². The van der Waals surface area contributed by atoms with Crippen molar-refractivity contribution in [3.63, 3.8) is 0 Å². The van der Waals surface area contributed by atoms with E-state index in [9.17, 15) is 4.79 Å². The summed E-state index contributed by atoms with van der Waals surface area (Å²) in [6.45, 7) is 2.02. The zero-order chi connectivity index (χ0) is 15.4. The molecule has 1 aliphatic rings. The van der Waals surface area contributed by atoms with Gasteiger partial charge in [0.2, 0.25) is 5.91 Å². The van der Waals surface area contributed by atoms with Gasteiger partial charge in [-0.1, -0.05) is 36.4 Å². The van der Waals surface area contributed by atoms with Crippen LogP contribution in [0.15, 0.2) is 53.4 Å². The average molecular weight is 311 g/mol. The standard InChI is InChI=1S/C19H21NOS/c1-14(15-6-3-2-4-7-15)20-19(21)13-22-18-11-10-16-8-5-9-17(16)12-18/h2-4,6-7,10-12,14H,5,8-9,13H2,1H3,(H,20,21). The average Bonchev–Trinajstić information content (AvgIpc) is 3.01. The number of amides is 1. The van der Waals surface area contributed by atoms with Gasteiger partial charge in [-0.2, -0.15) is 0 Å². The van der Waals surface area contributed by atoms with E-state index in [4.69, 9.17) is 0 Å². The van der Waals surface area contributed by atoms with Crippen molar-refractivity contribution in [2.75, 3.05) is 5.75 Å². The Balaban J connectivity index is 1.52. The quantitative estimate of drug-likeness (QED) is 0.841. The molecular weight excluding hydrogens is 290 g/mol. The molecular formula is C19H21NOS. The first-order chi connectivity index (χ1) is 10.7. The van der Waals surface area contributed by atoms with Gasteiger partial charge < -0.3 is 5.32 Å². The maximum atomic E-state index is 12.1. The van der Waals surface area contributed by atoms with E-state index in [-0.39, 0.29) is 11.9 Å². The van der Waals surface area contributed by atoms with Crippen LogP contribution in [0, 0.1) is 0 Å². The summed E-state index contributed by atoms with van der Waals surface area (Å²) in [5.41, 5.74) is 4.08. The highest BCUT2D eigenvalue weighted by Crippen LogP contribution is 2.27. The van der Waals surface area contributed by atoms with E-state index in [1.54, 1.807) is 11.8 Å². The van der Waals surface area contributed by atoms with E-state index >= 15 is 0 Å². The van der Waals surface area contributed by atoms with Crippen molar-refractivity contribution in [1.29, 1.82) is 0 Å². The van der Waals surface area contributed by atoms with Gasteiger partial charge in [-0.05, 0) is 55.0 Å². The zero-order valence-electron chi connectivity index (χ0n) is 12.8. The predicted octanol–water partition coefficient (Wildman–Crippen LogP) is 4.14. The second-order valence-corrected chi connectivity index (χ2v) is 6.82. The van der Waals surface area contributed by atoms with Crippen molar-refractivity contribution in [1.82, 2.24) is 5.32 Å². The smallest absolute Gasteiger partial charge is 0.230 e. The lowest BCUT2D eigenvalue weighted by Crippen LogP contribution is -2.28. The van der Waals surface area contributed by atoms with E-state index in [1.807, 2.05) is 37.3 Å². The Hall–Kier alpha value is -1.74. The number of rotatable bonds is 5. The van der Waals surface area contributed by atoms with Crippen LogP contribution in [0.5, 0.6) is 0 Å². The second kappa shape index (κ2) is 7.01. The predicted molar refractivity (Wildman–Crippen MR) is 92.2 cm³/mol. The molecule has 1 atom stereocenters. The first kappa shape index (κ1) is 15.2. The van der Waals surface area contributed by atoms with Crippen LogP contribution in [0.25, 0.3) is 0 Å². The summed E-state index contributed by atoms with van der Waals surface area (Å²) in [4.78, 5) is 13.3. The molecule has 0 fully saturated rings. The summed E-state index contributed by atoms with van der Waals surface area (Å²) >= 11 is 1.62. The van der Waals surface area contributed by atoms with Crippen molar-refractivity contribution in [2.45, 2.75) is 37.1 Å². The zero-order valence-corrected chi connectivity index (χ0v) is 13.7. The number of carbonyl (C=O) groups is 1. The van der Waals surface area contributed by atoms with Gasteiger partial charge in [0, 0.05) is 4.90 Å². The van der Waals surface area contributed by atoms with E-state index in [1.165, 1.54) is 35.3 Å². The monoisotopic (exact) mass is 311 g/mol. The normalized spacial score (nSPS) is 14.4. The van der Waals surface area contributed by atoms with Crippen LogP contribution < -0.4 is 5.32 Å². The van der Waals surface area contributed by atoms with Gasteiger partial charge in [0.05, 0.1) is 11.8 Å². The minimum Gasteiger partial charge on any atom is -0.349 e. The SMILES string of the molecule is CC(NC(=O)CSc1ccc2c(c1)CCC2)c1ccccc1. The molecule has 1 unspecified atom stereocenters. The fourth-order valence-corrected chi connectivity index (χ4v) is 3.67. The van der Waals surface area contributed by atoms with Gasteiger partial charge in [0.1, 0.15) is 0 Å². The lowest BCUT2D eigenvalue weighted by molar-refractivity contribution is -0.119. The third-order valence-electron chi connectivity index (χ3n) is 4.12. The molecule has 0 saturated carbocycles. The molecule has 3 heteroatoms. The minimum absolute atomic E-state index is 0.0503. The maximum absolute atomic E-state index is 12.1. The molecule has 0 bridgehead atoms. The van der Waals surface area contributed by atoms with Gasteiger partial charge in [-0.3, -0.25) is 4.79 Å². The van der Waals surface area contributed by atoms with Crippen LogP contribution in [0.4, 0.5) is 0 Å². The Morgan fingerprint density at radius 3 is 2.73 bits per heavy atom. The second-order valence-electron chi connectivity index (χ2n) is 5.77. The Bertz CT molecular complexity index is 654. The molecule has 22 heavy (non-hydrogen) atoms. The number of thioether (sulfide) groups is 1. The van der Waals surface area contributed by atoms with Crippen molar-refractivity contribution in [2.24, 2.45) is 0 Å². The van der Waals surface area contributed by atoms with Gasteiger partial charge in [0.15, 0.2) is 0 Å². The molecule has 2 aromatic carbocycles. The Morgan fingerprint density at radius 2 is 1.91 bits per heavy atom. The van der Waals surface area contributed by atoms with Crippen molar-refractivity contribution in [3.8, 4) is 0 Å². The number of nitrogens with one attached hydrogen (secondary N) is 1. The summed E-state index contributed by atoms with van der Waals surface area (Å²) in [6, 6.07) is 16.7. The highest BCUT2D eigenvalue weighted by Gasteiger charge is 2.13. The highest BCUT2D eigenvalue weighted by molar-refractivity contribution is 8.00. The van der Waals surface area contributed by atoms with Gasteiger partial charge in [-0.15, -0.1) is 11.8 Å². The largest absolute Gasteiger partial charge is 0.349 e. The topological polar surface area (TPSA) is 29.1 Å². The number of aryl methyl sites for hydroxylation is 2. The third kappa shape index (κ3) is 3.72. The molecule has 0 heterocycles. The number of benzene rings is 2. The van der Waals surface area contributed by atoms with Crippen LogP contribution in [0.3, 0.4) is 0 Å². The van der Waals surface area contributed by atoms with Crippen LogP contribution in [-0.2, 0) is 17.6 Å². The number of carbonyl (C=O) groups excluding carboxylic acids is 1. The van der Waals surface area contributed by atoms with E-state index in [0.29, 0.717) is 5.75 Å². The van der Waals surface area contributed by atoms with Crippen LogP contribution in [0.1, 0.15) is 36.1 Å². The molecule has 0 saturated heterocycles. The van der Waals surface area contributed by atoms with E-state index in [0.717, 1.165) is 5.56 Å². The van der Waals surface area contributed by atoms with Gasteiger partial charge >= 0.3 is 0 Å². The number of hydrogen-bond acceptors (Lipinski definition) is 2. The fourth-order valence-electron chi connectivity index (χ4n) is 2.90. The Kier molecular flexibility index (Phi) is 4.84. The highest BCUT2D eigenvalue weighted by atomic mass is 32.2. The summed E-state index contributed by atoms with van der Waals surface area (Å²) in [7, 11) is 0. The molecule has 0 aromatic heterocycles. The third-order valence-corrected chi connectivity index (χ3v) is 5.11. The summed E-state index contributed by atoms with van der Waals surface area (Å²) in [5, 5.41) is 3.06. The lowest BCUT2D eigenvalue weighted by atomic mass is 10.1. The Labute approximate surface area is 136 Å².